The first-order valence-corrected chi connectivity index (χ1v) is 9.17. The predicted octanol–water partition coefficient (Wildman–Crippen LogP) is 3.58. The summed E-state index contributed by atoms with van der Waals surface area (Å²) in [4.78, 5) is 28.3. The molecule has 0 saturated carbocycles. The van der Waals surface area contributed by atoms with Gasteiger partial charge in [0, 0.05) is 31.7 Å². The summed E-state index contributed by atoms with van der Waals surface area (Å²) in [7, 11) is 0. The van der Waals surface area contributed by atoms with Crippen LogP contribution in [0.5, 0.6) is 0 Å². The largest absolute Gasteiger partial charge is 0.435 e. The third kappa shape index (κ3) is 3.87. The molecule has 2 aromatic rings. The molecule has 1 aliphatic heterocycles. The standard InChI is InChI=1S/C22H22N2O3/c1-22(11-12-22)27-21(26)24-15-13-23(14-16-24)20(25)19-9-7-18(8-10-19)17-5-3-2-4-6-17/h2-12H,13-16H2,1H3. The smallest absolute Gasteiger partial charge is 0.411 e. The van der Waals surface area contributed by atoms with Crippen LogP contribution in [0.4, 0.5) is 4.79 Å². The Kier molecular flexibility index (Phi) is 4.44. The summed E-state index contributed by atoms with van der Waals surface area (Å²) in [6.07, 6.45) is 3.38. The number of nitrogens with zero attached hydrogens (tertiary/aromatic N) is 2. The average molecular weight is 362 g/mol. The molecule has 0 unspecified atom stereocenters. The van der Waals surface area contributed by atoms with Crippen molar-refractivity contribution in [3.05, 3.63) is 72.3 Å². The summed E-state index contributed by atoms with van der Waals surface area (Å²) in [5, 5.41) is 0. The molecule has 138 valence electrons. The molecular formula is C22H22N2O3. The third-order valence-corrected chi connectivity index (χ3v) is 5.01. The van der Waals surface area contributed by atoms with Crippen LogP contribution in [-0.2, 0) is 4.74 Å². The first-order valence-electron chi connectivity index (χ1n) is 9.17. The highest BCUT2D eigenvalue weighted by molar-refractivity contribution is 5.95. The summed E-state index contributed by atoms with van der Waals surface area (Å²) >= 11 is 0. The highest BCUT2D eigenvalue weighted by Gasteiger charge is 2.35. The molecular weight excluding hydrogens is 340 g/mol. The van der Waals surface area contributed by atoms with E-state index in [4.69, 9.17) is 4.74 Å². The monoisotopic (exact) mass is 362 g/mol. The van der Waals surface area contributed by atoms with E-state index in [2.05, 4.69) is 0 Å². The average Bonchev–Trinajstić information content (AvgIpc) is 3.45. The Bertz CT molecular complexity index is 860. The van der Waals surface area contributed by atoms with Crippen molar-refractivity contribution in [3.8, 4) is 11.1 Å². The van der Waals surface area contributed by atoms with E-state index in [1.54, 1.807) is 9.80 Å². The van der Waals surface area contributed by atoms with Crippen molar-refractivity contribution in [2.45, 2.75) is 12.5 Å². The van der Waals surface area contributed by atoms with Gasteiger partial charge < -0.3 is 14.5 Å². The van der Waals surface area contributed by atoms with Crippen LogP contribution in [0.2, 0.25) is 0 Å². The second-order valence-corrected chi connectivity index (χ2v) is 7.11. The zero-order valence-electron chi connectivity index (χ0n) is 15.3. The van der Waals surface area contributed by atoms with Crippen molar-refractivity contribution >= 4 is 12.0 Å². The van der Waals surface area contributed by atoms with Crippen molar-refractivity contribution < 1.29 is 14.3 Å². The normalized spacial score (nSPS) is 17.5. The fraction of sp³-hybridized carbons (Fsp3) is 0.273. The van der Waals surface area contributed by atoms with Crippen LogP contribution in [0.15, 0.2) is 66.7 Å². The van der Waals surface area contributed by atoms with Crippen LogP contribution in [0.25, 0.3) is 11.1 Å². The van der Waals surface area contributed by atoms with Gasteiger partial charge in [-0.25, -0.2) is 4.79 Å². The van der Waals surface area contributed by atoms with Crippen LogP contribution in [0, 0.1) is 0 Å². The molecule has 1 heterocycles. The molecule has 0 spiro atoms. The second kappa shape index (κ2) is 6.91. The molecule has 0 radical (unpaired) electrons. The van der Waals surface area contributed by atoms with Crippen molar-refractivity contribution in [1.29, 1.82) is 0 Å². The van der Waals surface area contributed by atoms with Crippen LogP contribution < -0.4 is 0 Å². The highest BCUT2D eigenvalue weighted by atomic mass is 16.6. The molecule has 0 aromatic heterocycles. The quantitative estimate of drug-likeness (QED) is 0.784. The Morgan fingerprint density at radius 3 is 1.96 bits per heavy atom. The molecule has 1 fully saturated rings. The molecule has 0 bridgehead atoms. The van der Waals surface area contributed by atoms with Gasteiger partial charge in [-0.15, -0.1) is 0 Å². The molecule has 1 aliphatic carbocycles. The molecule has 2 aromatic carbocycles. The number of hydrogen-bond donors (Lipinski definition) is 0. The van der Waals surface area contributed by atoms with Crippen LogP contribution >= 0.6 is 0 Å². The fourth-order valence-corrected chi connectivity index (χ4v) is 3.15. The number of carbonyl (C=O) groups excluding carboxylic acids is 2. The Balaban J connectivity index is 1.34. The maximum atomic E-state index is 12.7. The maximum Gasteiger partial charge on any atom is 0.411 e. The molecule has 2 amide bonds. The first-order chi connectivity index (χ1) is 13.0. The Hall–Kier alpha value is -3.08. The minimum atomic E-state index is -0.509. The van der Waals surface area contributed by atoms with E-state index >= 15 is 0 Å². The number of piperazine rings is 1. The lowest BCUT2D eigenvalue weighted by Gasteiger charge is -2.34. The summed E-state index contributed by atoms with van der Waals surface area (Å²) in [6.45, 7) is 3.85. The molecule has 5 heteroatoms. The molecule has 0 atom stereocenters. The van der Waals surface area contributed by atoms with Gasteiger partial charge in [-0.05, 0) is 42.3 Å². The first kappa shape index (κ1) is 17.3. The van der Waals surface area contributed by atoms with Crippen LogP contribution in [0.3, 0.4) is 0 Å². The number of benzene rings is 2. The van der Waals surface area contributed by atoms with E-state index in [0.717, 1.165) is 11.1 Å². The van der Waals surface area contributed by atoms with Crippen molar-refractivity contribution in [2.24, 2.45) is 0 Å². The van der Waals surface area contributed by atoms with Crippen molar-refractivity contribution in [1.82, 2.24) is 9.80 Å². The van der Waals surface area contributed by atoms with E-state index in [-0.39, 0.29) is 12.0 Å². The van der Waals surface area contributed by atoms with Gasteiger partial charge >= 0.3 is 6.09 Å². The number of carbonyl (C=O) groups is 2. The van der Waals surface area contributed by atoms with Gasteiger partial charge in [0.05, 0.1) is 0 Å². The van der Waals surface area contributed by atoms with Gasteiger partial charge in [0.2, 0.25) is 0 Å². The van der Waals surface area contributed by atoms with Gasteiger partial charge in [-0.3, -0.25) is 4.79 Å². The van der Waals surface area contributed by atoms with Crippen LogP contribution in [0.1, 0.15) is 17.3 Å². The highest BCUT2D eigenvalue weighted by Crippen LogP contribution is 2.28. The SMILES string of the molecule is CC1(OC(=O)N2CCN(C(=O)c3ccc(-c4ccccc4)cc3)CC2)C=C1. The lowest BCUT2D eigenvalue weighted by molar-refractivity contribution is 0.0442. The topological polar surface area (TPSA) is 49.9 Å². The minimum absolute atomic E-state index is 0.00143. The number of amides is 2. The van der Waals surface area contributed by atoms with Gasteiger partial charge in [-0.1, -0.05) is 42.5 Å². The second-order valence-electron chi connectivity index (χ2n) is 7.11. The summed E-state index contributed by atoms with van der Waals surface area (Å²) < 4.78 is 5.40. The molecule has 1 saturated heterocycles. The predicted molar refractivity (Wildman–Crippen MR) is 103 cm³/mol. The molecule has 2 aliphatic rings. The summed E-state index contributed by atoms with van der Waals surface area (Å²) in [6, 6.07) is 17.8. The van der Waals surface area contributed by atoms with Gasteiger partial charge in [0.1, 0.15) is 5.60 Å². The van der Waals surface area contributed by atoms with E-state index in [9.17, 15) is 9.59 Å². The van der Waals surface area contributed by atoms with Crippen LogP contribution in [-0.4, -0.2) is 53.6 Å². The van der Waals surface area contributed by atoms with Gasteiger partial charge in [-0.2, -0.15) is 0 Å². The van der Waals surface area contributed by atoms with Crippen molar-refractivity contribution in [3.63, 3.8) is 0 Å². The lowest BCUT2D eigenvalue weighted by Crippen LogP contribution is -2.51. The molecule has 0 N–H and O–H groups in total. The van der Waals surface area contributed by atoms with E-state index < -0.39 is 5.60 Å². The van der Waals surface area contributed by atoms with E-state index in [1.165, 1.54) is 0 Å². The molecule has 4 rings (SSSR count). The van der Waals surface area contributed by atoms with Crippen molar-refractivity contribution in [2.75, 3.05) is 26.2 Å². The zero-order valence-corrected chi connectivity index (χ0v) is 15.3. The third-order valence-electron chi connectivity index (χ3n) is 5.01. The Labute approximate surface area is 158 Å². The maximum absolute atomic E-state index is 12.7. The summed E-state index contributed by atoms with van der Waals surface area (Å²) in [5.74, 6) is -0.00143. The zero-order chi connectivity index (χ0) is 18.9. The number of ether oxygens (including phenoxy) is 1. The van der Waals surface area contributed by atoms with E-state index in [0.29, 0.717) is 31.7 Å². The molecule has 27 heavy (non-hydrogen) atoms. The van der Waals surface area contributed by atoms with Gasteiger partial charge in [0.25, 0.3) is 5.91 Å². The minimum Gasteiger partial charge on any atom is -0.435 e. The Morgan fingerprint density at radius 2 is 1.37 bits per heavy atom. The summed E-state index contributed by atoms with van der Waals surface area (Å²) in [5.41, 5.74) is 2.37. The fourth-order valence-electron chi connectivity index (χ4n) is 3.15. The van der Waals surface area contributed by atoms with Gasteiger partial charge in [0.15, 0.2) is 0 Å². The number of hydrogen-bond acceptors (Lipinski definition) is 3. The Morgan fingerprint density at radius 1 is 0.815 bits per heavy atom. The molecule has 5 nitrogen and oxygen atoms in total. The van der Waals surface area contributed by atoms with E-state index in [1.807, 2.05) is 73.7 Å². The number of rotatable bonds is 3. The lowest BCUT2D eigenvalue weighted by atomic mass is 10.0.